The van der Waals surface area contributed by atoms with Gasteiger partial charge >= 0.3 is 0 Å². The molecule has 2 N–H and O–H groups in total. The van der Waals surface area contributed by atoms with E-state index in [-0.39, 0.29) is 0 Å². The number of hydrogen-bond donors (Lipinski definition) is 2. The summed E-state index contributed by atoms with van der Waals surface area (Å²) in [7, 11) is 0. The summed E-state index contributed by atoms with van der Waals surface area (Å²) < 4.78 is 0. The third kappa shape index (κ3) is 2.84. The molecule has 90 valence electrons. The highest BCUT2D eigenvalue weighted by Gasteiger charge is 2.27. The Labute approximate surface area is 102 Å². The third-order valence-corrected chi connectivity index (χ3v) is 4.60. The number of aliphatic hydroxyl groups is 1. The highest BCUT2D eigenvalue weighted by Crippen LogP contribution is 2.27. The number of rotatable bonds is 4. The minimum Gasteiger partial charge on any atom is -0.383 e. The van der Waals surface area contributed by atoms with Crippen LogP contribution >= 0.6 is 11.3 Å². The lowest BCUT2D eigenvalue weighted by atomic mass is 10.0. The molecular weight excluding hydrogens is 218 g/mol. The Balaban J connectivity index is 1.85. The molecule has 3 heteroatoms. The number of nitrogens with one attached hydrogen (secondary N) is 1. The van der Waals surface area contributed by atoms with E-state index in [2.05, 4.69) is 12.2 Å². The van der Waals surface area contributed by atoms with E-state index in [1.807, 2.05) is 24.4 Å². The smallest absolute Gasteiger partial charge is 0.108 e. The van der Waals surface area contributed by atoms with E-state index in [9.17, 15) is 5.11 Å². The largest absolute Gasteiger partial charge is 0.383 e. The zero-order valence-electron chi connectivity index (χ0n) is 10.1. The van der Waals surface area contributed by atoms with Crippen molar-refractivity contribution in [3.8, 4) is 0 Å². The second-order valence-electron chi connectivity index (χ2n) is 5.25. The lowest BCUT2D eigenvalue weighted by Crippen LogP contribution is -2.39. The quantitative estimate of drug-likeness (QED) is 0.847. The average molecular weight is 239 g/mol. The van der Waals surface area contributed by atoms with Gasteiger partial charge in [0.15, 0.2) is 0 Å². The lowest BCUT2D eigenvalue weighted by molar-refractivity contribution is 0.0576. The van der Waals surface area contributed by atoms with Gasteiger partial charge in [-0.15, -0.1) is 11.3 Å². The normalized spacial score (nSPS) is 29.2. The zero-order chi connectivity index (χ0) is 11.6. The monoisotopic (exact) mass is 239 g/mol. The topological polar surface area (TPSA) is 32.3 Å². The minimum atomic E-state index is -0.722. The van der Waals surface area contributed by atoms with Crippen LogP contribution in [0.2, 0.25) is 0 Å². The molecule has 1 aliphatic carbocycles. The molecule has 16 heavy (non-hydrogen) atoms. The molecule has 0 saturated heterocycles. The molecule has 1 saturated carbocycles. The first-order valence-corrected chi connectivity index (χ1v) is 6.95. The Kier molecular flexibility index (Phi) is 3.67. The van der Waals surface area contributed by atoms with Crippen molar-refractivity contribution in [2.75, 3.05) is 6.54 Å². The van der Waals surface area contributed by atoms with E-state index in [0.717, 1.165) is 10.8 Å². The van der Waals surface area contributed by atoms with Crippen molar-refractivity contribution in [1.82, 2.24) is 5.32 Å². The van der Waals surface area contributed by atoms with Gasteiger partial charge < -0.3 is 10.4 Å². The van der Waals surface area contributed by atoms with E-state index < -0.39 is 5.60 Å². The Morgan fingerprint density at radius 1 is 1.56 bits per heavy atom. The van der Waals surface area contributed by atoms with E-state index in [4.69, 9.17) is 0 Å². The van der Waals surface area contributed by atoms with Crippen LogP contribution in [0, 0.1) is 5.92 Å². The molecule has 1 aliphatic rings. The summed E-state index contributed by atoms with van der Waals surface area (Å²) in [5, 5.41) is 15.9. The van der Waals surface area contributed by atoms with Crippen molar-refractivity contribution in [2.24, 2.45) is 5.92 Å². The predicted octanol–water partition coefficient (Wildman–Crippen LogP) is 2.73. The fourth-order valence-electron chi connectivity index (χ4n) is 2.41. The summed E-state index contributed by atoms with van der Waals surface area (Å²) in [6.07, 6.45) is 3.82. The SMILES string of the molecule is CC1CCC(NCC(C)(O)c2cccs2)C1. The van der Waals surface area contributed by atoms with Gasteiger partial charge in [0.25, 0.3) is 0 Å². The average Bonchev–Trinajstić information content (AvgIpc) is 2.85. The molecule has 2 nitrogen and oxygen atoms in total. The summed E-state index contributed by atoms with van der Waals surface area (Å²) >= 11 is 1.62. The van der Waals surface area contributed by atoms with Crippen molar-refractivity contribution in [3.63, 3.8) is 0 Å². The van der Waals surface area contributed by atoms with Crippen LogP contribution in [-0.4, -0.2) is 17.7 Å². The van der Waals surface area contributed by atoms with E-state index >= 15 is 0 Å². The van der Waals surface area contributed by atoms with Crippen molar-refractivity contribution in [3.05, 3.63) is 22.4 Å². The fraction of sp³-hybridized carbons (Fsp3) is 0.692. The van der Waals surface area contributed by atoms with Crippen LogP contribution in [0.3, 0.4) is 0 Å². The molecule has 3 atom stereocenters. The van der Waals surface area contributed by atoms with Crippen molar-refractivity contribution in [1.29, 1.82) is 0 Å². The van der Waals surface area contributed by atoms with Crippen LogP contribution in [0.25, 0.3) is 0 Å². The maximum absolute atomic E-state index is 10.3. The van der Waals surface area contributed by atoms with Crippen LogP contribution in [0.1, 0.15) is 38.0 Å². The molecule has 3 unspecified atom stereocenters. The third-order valence-electron chi connectivity index (χ3n) is 3.48. The molecule has 0 spiro atoms. The van der Waals surface area contributed by atoms with Crippen molar-refractivity contribution < 1.29 is 5.11 Å². The number of hydrogen-bond acceptors (Lipinski definition) is 3. The molecule has 0 bridgehead atoms. The highest BCUT2D eigenvalue weighted by atomic mass is 32.1. The van der Waals surface area contributed by atoms with E-state index in [1.165, 1.54) is 19.3 Å². The van der Waals surface area contributed by atoms with Crippen LogP contribution in [0.15, 0.2) is 17.5 Å². The first-order chi connectivity index (χ1) is 7.58. The molecule has 0 amide bonds. The van der Waals surface area contributed by atoms with Crippen molar-refractivity contribution in [2.45, 2.75) is 44.8 Å². The second-order valence-corrected chi connectivity index (χ2v) is 6.19. The van der Waals surface area contributed by atoms with Crippen LogP contribution < -0.4 is 5.32 Å². The van der Waals surface area contributed by atoms with Gasteiger partial charge in [-0.25, -0.2) is 0 Å². The Morgan fingerprint density at radius 2 is 2.38 bits per heavy atom. The highest BCUT2D eigenvalue weighted by molar-refractivity contribution is 7.10. The minimum absolute atomic E-state index is 0.599. The molecular formula is C13H21NOS. The summed E-state index contributed by atoms with van der Waals surface area (Å²) in [6.45, 7) is 4.86. The summed E-state index contributed by atoms with van der Waals surface area (Å²) in [5.74, 6) is 0.837. The summed E-state index contributed by atoms with van der Waals surface area (Å²) in [4.78, 5) is 1.05. The molecule has 0 aromatic carbocycles. The van der Waals surface area contributed by atoms with Crippen LogP contribution in [0.4, 0.5) is 0 Å². The van der Waals surface area contributed by atoms with Gasteiger partial charge in [-0.2, -0.15) is 0 Å². The van der Waals surface area contributed by atoms with Crippen LogP contribution in [0.5, 0.6) is 0 Å². The van der Waals surface area contributed by atoms with Gasteiger partial charge in [0.1, 0.15) is 5.60 Å². The molecule has 0 radical (unpaired) electrons. The van der Waals surface area contributed by atoms with Gasteiger partial charge in [-0.05, 0) is 43.6 Å². The molecule has 2 rings (SSSR count). The standard InChI is InChI=1S/C13H21NOS/c1-10-5-6-11(8-10)14-9-13(2,15)12-4-3-7-16-12/h3-4,7,10-11,14-15H,5-6,8-9H2,1-2H3. The first kappa shape index (κ1) is 12.1. The molecule has 1 fully saturated rings. The molecule has 1 heterocycles. The Hall–Kier alpha value is -0.380. The molecule has 0 aliphatic heterocycles. The maximum atomic E-state index is 10.3. The van der Waals surface area contributed by atoms with E-state index in [1.54, 1.807) is 11.3 Å². The van der Waals surface area contributed by atoms with Crippen LogP contribution in [-0.2, 0) is 5.60 Å². The maximum Gasteiger partial charge on any atom is 0.108 e. The van der Waals surface area contributed by atoms with Gasteiger partial charge in [0.05, 0.1) is 0 Å². The summed E-state index contributed by atoms with van der Waals surface area (Å²) in [5.41, 5.74) is -0.722. The van der Waals surface area contributed by atoms with E-state index in [0.29, 0.717) is 12.6 Å². The van der Waals surface area contributed by atoms with Gasteiger partial charge in [0, 0.05) is 17.5 Å². The Morgan fingerprint density at radius 3 is 2.94 bits per heavy atom. The van der Waals surface area contributed by atoms with Gasteiger partial charge in [-0.3, -0.25) is 0 Å². The zero-order valence-corrected chi connectivity index (χ0v) is 10.9. The predicted molar refractivity (Wildman–Crippen MR) is 68.7 cm³/mol. The van der Waals surface area contributed by atoms with Gasteiger partial charge in [-0.1, -0.05) is 13.0 Å². The molecule has 1 aromatic heterocycles. The first-order valence-electron chi connectivity index (χ1n) is 6.07. The fourth-order valence-corrected chi connectivity index (χ4v) is 3.19. The molecule has 1 aromatic rings. The Bertz CT molecular complexity index is 321. The summed E-state index contributed by atoms with van der Waals surface area (Å²) in [6, 6.07) is 4.59. The lowest BCUT2D eigenvalue weighted by Gasteiger charge is -2.24. The van der Waals surface area contributed by atoms with Crippen molar-refractivity contribution >= 4 is 11.3 Å². The van der Waals surface area contributed by atoms with Gasteiger partial charge in [0.2, 0.25) is 0 Å². The second kappa shape index (κ2) is 4.86. The number of thiophene rings is 1.